The lowest BCUT2D eigenvalue weighted by atomic mass is 9.78. The minimum absolute atomic E-state index is 0. The van der Waals surface area contributed by atoms with E-state index in [-0.39, 0.29) is 17.8 Å². The number of nitrogens with one attached hydrogen (secondary N) is 1. The normalized spacial score (nSPS) is 29.4. The summed E-state index contributed by atoms with van der Waals surface area (Å²) >= 11 is 0. The second-order valence-electron chi connectivity index (χ2n) is 9.72. The molecule has 0 saturated carbocycles. The average molecular weight is 433 g/mol. The van der Waals surface area contributed by atoms with Crippen molar-refractivity contribution in [1.29, 1.82) is 0 Å². The second kappa shape index (κ2) is 9.05. The van der Waals surface area contributed by atoms with Gasteiger partial charge < -0.3 is 15.1 Å². The summed E-state index contributed by atoms with van der Waals surface area (Å²) in [6.07, 6.45) is 8.37. The molecular formula is C24H37ClN4O. The van der Waals surface area contributed by atoms with E-state index in [1.54, 1.807) is 0 Å². The first-order valence-electron chi connectivity index (χ1n) is 11.8. The molecule has 1 spiro atoms. The van der Waals surface area contributed by atoms with Crippen molar-refractivity contribution in [3.8, 4) is 0 Å². The van der Waals surface area contributed by atoms with Gasteiger partial charge in [0, 0.05) is 43.1 Å². The molecule has 0 bridgehead atoms. The average Bonchev–Trinajstić information content (AvgIpc) is 3.36. The molecule has 1 aromatic rings. The molecule has 0 unspecified atom stereocenters. The Labute approximate surface area is 187 Å². The fraction of sp³-hybridized carbons (Fsp3) is 0.708. The Balaban J connectivity index is 0.00000218. The first kappa shape index (κ1) is 21.9. The summed E-state index contributed by atoms with van der Waals surface area (Å²) in [6.45, 7) is 8.78. The van der Waals surface area contributed by atoms with Gasteiger partial charge in [0.15, 0.2) is 0 Å². The van der Waals surface area contributed by atoms with Crippen LogP contribution in [0, 0.1) is 5.41 Å². The van der Waals surface area contributed by atoms with Gasteiger partial charge in [-0.1, -0.05) is 6.42 Å². The molecule has 1 amide bonds. The Morgan fingerprint density at radius 1 is 0.933 bits per heavy atom. The summed E-state index contributed by atoms with van der Waals surface area (Å²) < 4.78 is 0. The van der Waals surface area contributed by atoms with Crippen LogP contribution in [0.5, 0.6) is 0 Å². The van der Waals surface area contributed by atoms with E-state index < -0.39 is 0 Å². The lowest BCUT2D eigenvalue weighted by molar-refractivity contribution is -0.126. The SMILES string of the molecule is C[C@H]1CCCCN1[C@H]1CCN(c2ccc(N3CCC4(CCNCC4)C3=O)cc2)C1.Cl. The molecule has 5 nitrogen and oxygen atoms in total. The van der Waals surface area contributed by atoms with E-state index in [4.69, 9.17) is 0 Å². The Kier molecular flexibility index (Phi) is 6.61. The molecule has 166 valence electrons. The van der Waals surface area contributed by atoms with Gasteiger partial charge in [0.05, 0.1) is 5.41 Å². The fourth-order valence-electron chi connectivity index (χ4n) is 6.19. The Hall–Kier alpha value is -1.30. The van der Waals surface area contributed by atoms with E-state index in [1.165, 1.54) is 37.9 Å². The van der Waals surface area contributed by atoms with Crippen molar-refractivity contribution in [1.82, 2.24) is 10.2 Å². The number of benzene rings is 1. The Morgan fingerprint density at radius 2 is 1.67 bits per heavy atom. The highest BCUT2D eigenvalue weighted by Crippen LogP contribution is 2.42. The van der Waals surface area contributed by atoms with Gasteiger partial charge in [-0.05, 0) is 89.3 Å². The first-order chi connectivity index (χ1) is 14.2. The van der Waals surface area contributed by atoms with Gasteiger partial charge in [-0.2, -0.15) is 0 Å². The molecule has 4 saturated heterocycles. The second-order valence-corrected chi connectivity index (χ2v) is 9.72. The number of carbonyl (C=O) groups is 1. The van der Waals surface area contributed by atoms with E-state index in [9.17, 15) is 4.79 Å². The van der Waals surface area contributed by atoms with Gasteiger partial charge in [0.2, 0.25) is 5.91 Å². The maximum Gasteiger partial charge on any atom is 0.233 e. The minimum atomic E-state index is -0.1000. The van der Waals surface area contributed by atoms with Crippen molar-refractivity contribution in [3.63, 3.8) is 0 Å². The van der Waals surface area contributed by atoms with Crippen LogP contribution in [-0.4, -0.2) is 62.2 Å². The molecule has 0 aromatic heterocycles. The van der Waals surface area contributed by atoms with Gasteiger partial charge in [-0.3, -0.25) is 9.69 Å². The van der Waals surface area contributed by atoms with E-state index >= 15 is 0 Å². The molecular weight excluding hydrogens is 396 g/mol. The zero-order valence-electron chi connectivity index (χ0n) is 18.3. The summed E-state index contributed by atoms with van der Waals surface area (Å²) in [5.74, 6) is 0.354. The van der Waals surface area contributed by atoms with Crippen LogP contribution in [0.15, 0.2) is 24.3 Å². The van der Waals surface area contributed by atoms with Crippen LogP contribution in [-0.2, 0) is 4.79 Å². The molecule has 1 N–H and O–H groups in total. The number of hydrogen-bond donors (Lipinski definition) is 1. The molecule has 0 aliphatic carbocycles. The van der Waals surface area contributed by atoms with Crippen molar-refractivity contribution in [3.05, 3.63) is 24.3 Å². The van der Waals surface area contributed by atoms with Crippen LogP contribution in [0.3, 0.4) is 0 Å². The number of rotatable bonds is 3. The maximum atomic E-state index is 13.2. The fourth-order valence-corrected chi connectivity index (χ4v) is 6.19. The van der Waals surface area contributed by atoms with Crippen molar-refractivity contribution >= 4 is 29.7 Å². The van der Waals surface area contributed by atoms with E-state index in [2.05, 4.69) is 46.3 Å². The standard InChI is InChI=1S/C24H36N4O.ClH/c1-19-4-2-3-15-27(19)22-9-16-26(18-22)20-5-7-21(8-6-20)28-17-12-24(23(28)29)10-13-25-14-11-24;/h5-8,19,22,25H,2-4,9-18H2,1H3;1H/t19-,22-;/m0./s1. The van der Waals surface area contributed by atoms with Crippen LogP contribution in [0.25, 0.3) is 0 Å². The molecule has 5 rings (SSSR count). The van der Waals surface area contributed by atoms with Crippen LogP contribution >= 0.6 is 12.4 Å². The van der Waals surface area contributed by atoms with Crippen LogP contribution < -0.4 is 15.1 Å². The van der Waals surface area contributed by atoms with Crippen LogP contribution in [0.2, 0.25) is 0 Å². The molecule has 4 aliphatic rings. The predicted octanol–water partition coefficient (Wildman–Crippen LogP) is 3.67. The number of hydrogen-bond acceptors (Lipinski definition) is 4. The van der Waals surface area contributed by atoms with Crippen LogP contribution in [0.1, 0.15) is 51.9 Å². The van der Waals surface area contributed by atoms with E-state index in [0.29, 0.717) is 11.9 Å². The molecule has 2 atom stereocenters. The molecule has 4 heterocycles. The van der Waals surface area contributed by atoms with Crippen LogP contribution in [0.4, 0.5) is 11.4 Å². The molecule has 0 radical (unpaired) electrons. The Bertz CT molecular complexity index is 733. The summed E-state index contributed by atoms with van der Waals surface area (Å²) in [4.78, 5) is 20.5. The molecule has 6 heteroatoms. The maximum absolute atomic E-state index is 13.2. The Morgan fingerprint density at radius 3 is 2.40 bits per heavy atom. The monoisotopic (exact) mass is 432 g/mol. The van der Waals surface area contributed by atoms with E-state index in [1.807, 2.05) is 4.90 Å². The number of carbonyl (C=O) groups excluding carboxylic acids is 1. The third kappa shape index (κ3) is 3.96. The largest absolute Gasteiger partial charge is 0.370 e. The number of piperidine rings is 2. The van der Waals surface area contributed by atoms with E-state index in [0.717, 1.165) is 63.7 Å². The van der Waals surface area contributed by atoms with Gasteiger partial charge in [-0.15, -0.1) is 12.4 Å². The zero-order chi connectivity index (χ0) is 19.8. The quantitative estimate of drug-likeness (QED) is 0.790. The van der Waals surface area contributed by atoms with Gasteiger partial charge in [0.25, 0.3) is 0 Å². The van der Waals surface area contributed by atoms with Crippen molar-refractivity contribution in [2.24, 2.45) is 5.41 Å². The van der Waals surface area contributed by atoms with Gasteiger partial charge >= 0.3 is 0 Å². The molecule has 4 aliphatic heterocycles. The van der Waals surface area contributed by atoms with Gasteiger partial charge in [0.1, 0.15) is 0 Å². The first-order valence-corrected chi connectivity index (χ1v) is 11.8. The number of anilines is 2. The summed E-state index contributed by atoms with van der Waals surface area (Å²) in [5.41, 5.74) is 2.29. The third-order valence-corrected chi connectivity index (χ3v) is 8.09. The smallest absolute Gasteiger partial charge is 0.233 e. The van der Waals surface area contributed by atoms with Crippen molar-refractivity contribution in [2.45, 2.75) is 64.0 Å². The lowest BCUT2D eigenvalue weighted by Gasteiger charge is -2.38. The highest BCUT2D eigenvalue weighted by Gasteiger charge is 2.47. The zero-order valence-corrected chi connectivity index (χ0v) is 19.1. The predicted molar refractivity (Wildman–Crippen MR) is 126 cm³/mol. The van der Waals surface area contributed by atoms with Gasteiger partial charge in [-0.25, -0.2) is 0 Å². The minimum Gasteiger partial charge on any atom is -0.370 e. The van der Waals surface area contributed by atoms with Crippen molar-refractivity contribution in [2.75, 3.05) is 49.1 Å². The summed E-state index contributed by atoms with van der Waals surface area (Å²) in [6, 6.07) is 10.2. The highest BCUT2D eigenvalue weighted by molar-refractivity contribution is 6.00. The summed E-state index contributed by atoms with van der Waals surface area (Å²) in [7, 11) is 0. The van der Waals surface area contributed by atoms with Crippen molar-refractivity contribution < 1.29 is 4.79 Å². The number of nitrogens with zero attached hydrogens (tertiary/aromatic N) is 3. The highest BCUT2D eigenvalue weighted by atomic mass is 35.5. The number of amides is 1. The number of likely N-dealkylation sites (tertiary alicyclic amines) is 1. The third-order valence-electron chi connectivity index (χ3n) is 8.09. The molecule has 1 aromatic carbocycles. The topological polar surface area (TPSA) is 38.8 Å². The molecule has 30 heavy (non-hydrogen) atoms. The molecule has 4 fully saturated rings. The lowest BCUT2D eigenvalue weighted by Crippen LogP contribution is -2.46. The number of halogens is 1. The summed E-state index contributed by atoms with van der Waals surface area (Å²) in [5, 5.41) is 3.40.